The molecule has 0 aliphatic heterocycles. The van der Waals surface area contributed by atoms with Crippen LogP contribution in [0.15, 0.2) is 28.9 Å². The summed E-state index contributed by atoms with van der Waals surface area (Å²) in [5.41, 5.74) is 1.88. The van der Waals surface area contributed by atoms with Gasteiger partial charge in [-0.25, -0.2) is 4.98 Å². The van der Waals surface area contributed by atoms with E-state index < -0.39 is 0 Å². The van der Waals surface area contributed by atoms with E-state index in [0.717, 1.165) is 5.69 Å². The third kappa shape index (κ3) is 4.26. The molecule has 2 aromatic rings. The fourth-order valence-electron chi connectivity index (χ4n) is 2.01. The summed E-state index contributed by atoms with van der Waals surface area (Å²) in [6, 6.07) is 5.16. The lowest BCUT2D eigenvalue weighted by molar-refractivity contribution is 0.0828. The molecular weight excluding hydrogens is 314 g/mol. The maximum Gasteiger partial charge on any atom is 0.255 e. The second kappa shape index (κ2) is 6.62. The van der Waals surface area contributed by atoms with Gasteiger partial charge in [-0.3, -0.25) is 4.79 Å². The van der Waals surface area contributed by atoms with Crippen LogP contribution < -0.4 is 5.32 Å². The van der Waals surface area contributed by atoms with Crippen molar-refractivity contribution in [3.05, 3.63) is 46.6 Å². The highest BCUT2D eigenvalue weighted by molar-refractivity contribution is 6.31. The van der Waals surface area contributed by atoms with Gasteiger partial charge in [-0.2, -0.15) is 0 Å². The standard InChI is InChI=1S/C17H22ClN3O2/c1-17(2,3)16-20-12(10-23-16)9-19-14-8-11(18)6-7-13(14)15(22)21(4)5/h6-8,10,19H,9H2,1-5H3. The van der Waals surface area contributed by atoms with Gasteiger partial charge >= 0.3 is 0 Å². The second-order valence-electron chi connectivity index (χ2n) is 6.64. The molecular formula is C17H22ClN3O2. The van der Waals surface area contributed by atoms with Crippen LogP contribution in [0.25, 0.3) is 0 Å². The number of anilines is 1. The van der Waals surface area contributed by atoms with Crippen molar-refractivity contribution >= 4 is 23.2 Å². The van der Waals surface area contributed by atoms with Crippen molar-refractivity contribution in [1.29, 1.82) is 0 Å². The number of hydrogen-bond acceptors (Lipinski definition) is 4. The number of aromatic nitrogens is 1. The van der Waals surface area contributed by atoms with Gasteiger partial charge in [0.2, 0.25) is 0 Å². The highest BCUT2D eigenvalue weighted by Crippen LogP contribution is 2.24. The van der Waals surface area contributed by atoms with Gasteiger partial charge in [0, 0.05) is 30.2 Å². The Morgan fingerprint density at radius 3 is 2.61 bits per heavy atom. The topological polar surface area (TPSA) is 58.4 Å². The van der Waals surface area contributed by atoms with Crippen molar-refractivity contribution in [2.24, 2.45) is 0 Å². The molecule has 0 aliphatic rings. The highest BCUT2D eigenvalue weighted by Gasteiger charge is 2.20. The van der Waals surface area contributed by atoms with Crippen LogP contribution in [0.4, 0.5) is 5.69 Å². The predicted octanol–water partition coefficient (Wildman–Crippen LogP) is 3.94. The van der Waals surface area contributed by atoms with E-state index in [9.17, 15) is 4.79 Å². The van der Waals surface area contributed by atoms with Crippen molar-refractivity contribution < 1.29 is 9.21 Å². The highest BCUT2D eigenvalue weighted by atomic mass is 35.5. The van der Waals surface area contributed by atoms with Gasteiger partial charge in [0.1, 0.15) is 6.26 Å². The molecule has 0 saturated carbocycles. The number of oxazole rings is 1. The third-order valence-corrected chi connectivity index (χ3v) is 3.51. The molecule has 0 spiro atoms. The van der Waals surface area contributed by atoms with Crippen molar-refractivity contribution in [2.75, 3.05) is 19.4 Å². The quantitative estimate of drug-likeness (QED) is 0.919. The lowest BCUT2D eigenvalue weighted by atomic mass is 9.97. The van der Waals surface area contributed by atoms with E-state index in [4.69, 9.17) is 16.0 Å². The number of benzene rings is 1. The molecule has 0 aliphatic carbocycles. The first-order valence-corrected chi connectivity index (χ1v) is 7.76. The Kier molecular flexibility index (Phi) is 5.00. The van der Waals surface area contributed by atoms with Gasteiger partial charge in [-0.15, -0.1) is 0 Å². The number of halogens is 1. The Bertz CT molecular complexity index is 702. The molecule has 1 N–H and O–H groups in total. The van der Waals surface area contributed by atoms with E-state index in [2.05, 4.69) is 10.3 Å². The molecule has 0 fully saturated rings. The first-order chi connectivity index (χ1) is 10.7. The van der Waals surface area contributed by atoms with E-state index in [0.29, 0.717) is 28.7 Å². The van der Waals surface area contributed by atoms with Gasteiger partial charge in [-0.1, -0.05) is 32.4 Å². The average Bonchev–Trinajstić information content (AvgIpc) is 2.93. The number of carbonyl (C=O) groups is 1. The molecule has 1 heterocycles. The van der Waals surface area contributed by atoms with E-state index in [1.54, 1.807) is 38.6 Å². The molecule has 0 unspecified atom stereocenters. The van der Waals surface area contributed by atoms with E-state index in [1.807, 2.05) is 20.8 Å². The Hall–Kier alpha value is -2.01. The zero-order valence-electron chi connectivity index (χ0n) is 14.1. The van der Waals surface area contributed by atoms with Crippen LogP contribution in [0, 0.1) is 0 Å². The molecule has 5 nitrogen and oxygen atoms in total. The maximum atomic E-state index is 12.2. The van der Waals surface area contributed by atoms with Crippen molar-refractivity contribution in [3.8, 4) is 0 Å². The summed E-state index contributed by atoms with van der Waals surface area (Å²) in [6.45, 7) is 6.58. The fourth-order valence-corrected chi connectivity index (χ4v) is 2.18. The van der Waals surface area contributed by atoms with Crippen molar-refractivity contribution in [2.45, 2.75) is 32.7 Å². The SMILES string of the molecule is CN(C)C(=O)c1ccc(Cl)cc1NCc1coc(C(C)(C)C)n1. The summed E-state index contributed by atoms with van der Waals surface area (Å²) in [5, 5.41) is 3.78. The second-order valence-corrected chi connectivity index (χ2v) is 7.07. The maximum absolute atomic E-state index is 12.2. The van der Waals surface area contributed by atoms with E-state index in [1.165, 1.54) is 4.90 Å². The summed E-state index contributed by atoms with van der Waals surface area (Å²) in [5.74, 6) is 0.602. The van der Waals surface area contributed by atoms with E-state index >= 15 is 0 Å². The fraction of sp³-hybridized carbons (Fsp3) is 0.412. The Balaban J connectivity index is 2.18. The van der Waals surface area contributed by atoms with Crippen LogP contribution in [-0.4, -0.2) is 29.9 Å². The summed E-state index contributed by atoms with van der Waals surface area (Å²) in [4.78, 5) is 18.2. The van der Waals surface area contributed by atoms with Gasteiger partial charge in [0.15, 0.2) is 5.89 Å². The van der Waals surface area contributed by atoms with Crippen LogP contribution in [0.1, 0.15) is 42.7 Å². The zero-order valence-corrected chi connectivity index (χ0v) is 14.9. The van der Waals surface area contributed by atoms with Gasteiger partial charge in [0.25, 0.3) is 5.91 Å². The molecule has 0 saturated heterocycles. The van der Waals surface area contributed by atoms with Crippen LogP contribution in [0.5, 0.6) is 0 Å². The molecule has 2 rings (SSSR count). The number of nitrogens with one attached hydrogen (secondary N) is 1. The smallest absolute Gasteiger partial charge is 0.255 e. The molecule has 23 heavy (non-hydrogen) atoms. The summed E-state index contributed by atoms with van der Waals surface area (Å²) >= 11 is 6.05. The monoisotopic (exact) mass is 335 g/mol. The predicted molar refractivity (Wildman–Crippen MR) is 92.0 cm³/mol. The third-order valence-electron chi connectivity index (χ3n) is 3.27. The van der Waals surface area contributed by atoms with Crippen LogP contribution >= 0.6 is 11.6 Å². The summed E-state index contributed by atoms with van der Waals surface area (Å²) in [6.07, 6.45) is 1.63. The zero-order chi connectivity index (χ0) is 17.2. The number of amides is 1. The molecule has 0 radical (unpaired) electrons. The normalized spacial score (nSPS) is 11.4. The minimum absolute atomic E-state index is 0.0836. The number of nitrogens with zero attached hydrogens (tertiary/aromatic N) is 2. The molecule has 1 aromatic heterocycles. The van der Waals surface area contributed by atoms with Crippen molar-refractivity contribution in [1.82, 2.24) is 9.88 Å². The average molecular weight is 336 g/mol. The van der Waals surface area contributed by atoms with Gasteiger partial charge in [-0.05, 0) is 18.2 Å². The van der Waals surface area contributed by atoms with Crippen molar-refractivity contribution in [3.63, 3.8) is 0 Å². The molecule has 1 amide bonds. The summed E-state index contributed by atoms with van der Waals surface area (Å²) < 4.78 is 5.50. The molecule has 1 aromatic carbocycles. The van der Waals surface area contributed by atoms with E-state index in [-0.39, 0.29) is 11.3 Å². The van der Waals surface area contributed by atoms with Crippen LogP contribution in [0.3, 0.4) is 0 Å². The van der Waals surface area contributed by atoms with Crippen LogP contribution in [-0.2, 0) is 12.0 Å². The Morgan fingerprint density at radius 2 is 2.04 bits per heavy atom. The first kappa shape index (κ1) is 17.3. The Morgan fingerprint density at radius 1 is 1.35 bits per heavy atom. The minimum atomic E-state index is -0.139. The lowest BCUT2D eigenvalue weighted by Gasteiger charge is -2.15. The summed E-state index contributed by atoms with van der Waals surface area (Å²) in [7, 11) is 3.43. The molecule has 6 heteroatoms. The largest absolute Gasteiger partial charge is 0.448 e. The van der Waals surface area contributed by atoms with Crippen LogP contribution in [0.2, 0.25) is 5.02 Å². The number of rotatable bonds is 4. The minimum Gasteiger partial charge on any atom is -0.448 e. The molecule has 0 atom stereocenters. The lowest BCUT2D eigenvalue weighted by Crippen LogP contribution is -2.23. The van der Waals surface area contributed by atoms with Gasteiger partial charge < -0.3 is 14.6 Å². The van der Waals surface area contributed by atoms with Gasteiger partial charge in [0.05, 0.1) is 17.8 Å². The first-order valence-electron chi connectivity index (χ1n) is 7.38. The Labute approximate surface area is 141 Å². The molecule has 0 bridgehead atoms. The number of carbonyl (C=O) groups excluding carboxylic acids is 1. The molecule has 124 valence electrons. The number of hydrogen-bond donors (Lipinski definition) is 1.